The van der Waals surface area contributed by atoms with Gasteiger partial charge in [0.25, 0.3) is 0 Å². The normalized spacial score (nSPS) is 14.7. The van der Waals surface area contributed by atoms with Crippen LogP contribution in [0.25, 0.3) is 21.6 Å². The van der Waals surface area contributed by atoms with Crippen LogP contribution < -0.4 is 10.6 Å². The number of carbonyl (C=O) groups excluding carboxylic acids is 1. The van der Waals surface area contributed by atoms with Gasteiger partial charge in [-0.3, -0.25) is 13.9 Å². The highest BCUT2D eigenvalue weighted by molar-refractivity contribution is 7.71. The lowest BCUT2D eigenvalue weighted by molar-refractivity contribution is -0.117. The summed E-state index contributed by atoms with van der Waals surface area (Å²) >= 11 is 1.23. The van der Waals surface area contributed by atoms with Crippen molar-refractivity contribution in [2.24, 2.45) is 5.92 Å². The minimum absolute atomic E-state index is 0.0235. The molecule has 0 atom stereocenters. The average Bonchev–Trinajstić information content (AvgIpc) is 3.42. The molecular weight excluding hydrogens is 466 g/mol. The van der Waals surface area contributed by atoms with Crippen molar-refractivity contribution in [2.45, 2.75) is 18.4 Å². The van der Waals surface area contributed by atoms with Crippen molar-refractivity contribution in [2.75, 3.05) is 10.6 Å². The molecule has 1 saturated carbocycles. The van der Waals surface area contributed by atoms with Gasteiger partial charge in [0.15, 0.2) is 5.82 Å². The van der Waals surface area contributed by atoms with Crippen molar-refractivity contribution in [3.63, 3.8) is 0 Å². The lowest BCUT2D eigenvalue weighted by atomic mass is 10.1. The van der Waals surface area contributed by atoms with Gasteiger partial charge in [-0.1, -0.05) is 12.1 Å². The summed E-state index contributed by atoms with van der Waals surface area (Å²) < 4.78 is 23.4. The molecule has 31 heavy (non-hydrogen) atoms. The van der Waals surface area contributed by atoms with Gasteiger partial charge in [-0.05, 0) is 36.4 Å². The molecule has 0 radical (unpaired) electrons. The molecule has 1 aliphatic carbocycles. The van der Waals surface area contributed by atoms with Gasteiger partial charge < -0.3 is 30.2 Å². The van der Waals surface area contributed by atoms with Gasteiger partial charge in [-0.25, -0.2) is 9.97 Å². The third-order valence-electron chi connectivity index (χ3n) is 4.56. The predicted molar refractivity (Wildman–Crippen MR) is 116 cm³/mol. The molecule has 0 aliphatic heterocycles. The lowest BCUT2D eigenvalue weighted by Gasteiger charge is -2.21. The number of carbonyl (C=O) groups is 1. The average molecular weight is 484 g/mol. The minimum atomic E-state index is -5.22. The second-order valence-electron chi connectivity index (χ2n) is 7.08. The Morgan fingerprint density at radius 2 is 1.81 bits per heavy atom. The summed E-state index contributed by atoms with van der Waals surface area (Å²) in [6.45, 7) is 0. The van der Waals surface area contributed by atoms with E-state index in [9.17, 15) is 33.5 Å². The molecule has 1 amide bonds. The van der Waals surface area contributed by atoms with Crippen LogP contribution in [0.4, 0.5) is 11.5 Å². The quantitative estimate of drug-likeness (QED) is 0.273. The summed E-state index contributed by atoms with van der Waals surface area (Å²) in [4.78, 5) is 58.9. The maximum atomic E-state index is 12.0. The van der Waals surface area contributed by atoms with Gasteiger partial charge in [0.1, 0.15) is 10.6 Å². The van der Waals surface area contributed by atoms with Crippen molar-refractivity contribution < 1.29 is 33.5 Å². The van der Waals surface area contributed by atoms with Crippen LogP contribution in [-0.2, 0) is 13.9 Å². The van der Waals surface area contributed by atoms with Gasteiger partial charge in [0.2, 0.25) is 11.4 Å². The zero-order valence-electron chi connectivity index (χ0n) is 15.7. The Labute approximate surface area is 179 Å². The molecule has 4 rings (SSSR count). The number of nitrogens with one attached hydrogen (secondary N) is 2. The molecule has 1 aliphatic rings. The zero-order chi connectivity index (χ0) is 22.4. The largest absolute Gasteiger partial charge is 0.360 e. The second-order valence-corrected chi connectivity index (χ2v) is 11.8. The Bertz CT molecular complexity index is 1230. The van der Waals surface area contributed by atoms with Crippen molar-refractivity contribution >= 4 is 54.2 Å². The first kappa shape index (κ1) is 22.0. The van der Waals surface area contributed by atoms with Gasteiger partial charge in [-0.15, -0.1) is 11.3 Å². The van der Waals surface area contributed by atoms with Crippen LogP contribution in [0.3, 0.4) is 0 Å². The van der Waals surface area contributed by atoms with E-state index in [4.69, 9.17) is 0 Å². The Morgan fingerprint density at radius 1 is 1.10 bits per heavy atom. The molecule has 2 heterocycles. The van der Waals surface area contributed by atoms with Crippen molar-refractivity contribution in [3.05, 3.63) is 35.7 Å². The van der Waals surface area contributed by atoms with E-state index in [1.165, 1.54) is 11.3 Å². The Hall–Kier alpha value is -2.17. The summed E-state index contributed by atoms with van der Waals surface area (Å²) in [5, 5.41) is 7.08. The fourth-order valence-corrected chi connectivity index (χ4v) is 5.82. The molecule has 0 saturated heterocycles. The Morgan fingerprint density at radius 3 is 2.45 bits per heavy atom. The van der Waals surface area contributed by atoms with E-state index in [2.05, 4.69) is 20.6 Å². The highest BCUT2D eigenvalue weighted by Gasteiger charge is 2.44. The standard InChI is InChI=1S/C17H18N4O7P2S/c22-15(9-4-5-9)18-11-3-1-2-10(8-11)13-19-14(12-6-7-31-16(12)20-13)21-17(29(23,24)25)30(26,27)28/h1-3,6-9,17H,4-5H2,(H,18,22)(H,19,20,21)(H2,23,24,25)(H2,26,27,28). The minimum Gasteiger partial charge on any atom is -0.346 e. The molecular formula is C17H18N4O7P2S. The first-order valence-electron chi connectivity index (χ1n) is 9.06. The highest BCUT2D eigenvalue weighted by Crippen LogP contribution is 2.59. The number of rotatable bonds is 7. The van der Waals surface area contributed by atoms with Gasteiger partial charge in [0, 0.05) is 17.2 Å². The topological polar surface area (TPSA) is 182 Å². The molecule has 2 aromatic heterocycles. The van der Waals surface area contributed by atoms with E-state index in [1.54, 1.807) is 35.7 Å². The fourth-order valence-electron chi connectivity index (χ4n) is 2.91. The molecule has 164 valence electrons. The number of amides is 1. The Kier molecular flexibility index (Phi) is 5.74. The number of anilines is 2. The molecule has 0 unspecified atom stereocenters. The van der Waals surface area contributed by atoms with E-state index >= 15 is 0 Å². The van der Waals surface area contributed by atoms with Gasteiger partial charge in [-0.2, -0.15) is 0 Å². The van der Waals surface area contributed by atoms with Crippen LogP contribution in [0.15, 0.2) is 35.7 Å². The number of hydrogen-bond acceptors (Lipinski definition) is 7. The maximum absolute atomic E-state index is 12.0. The van der Waals surface area contributed by atoms with Crippen molar-refractivity contribution in [1.82, 2.24) is 9.97 Å². The predicted octanol–water partition coefficient (Wildman–Crippen LogP) is 2.76. The molecule has 1 aromatic carbocycles. The first-order chi connectivity index (χ1) is 14.5. The molecule has 1 fully saturated rings. The van der Waals surface area contributed by atoms with Crippen molar-refractivity contribution in [1.29, 1.82) is 0 Å². The number of thiophene rings is 1. The molecule has 3 aromatic rings. The SMILES string of the molecule is O=C(Nc1cccc(-c2nc(NC(P(=O)(O)O)P(=O)(O)O)c3ccsc3n2)c1)C1CC1. The number of benzene rings is 1. The first-order valence-corrected chi connectivity index (χ1v) is 13.3. The summed E-state index contributed by atoms with van der Waals surface area (Å²) in [6.07, 6.45) is 1.72. The number of aromatic nitrogens is 2. The summed E-state index contributed by atoms with van der Waals surface area (Å²) in [7, 11) is -10.4. The molecule has 6 N–H and O–H groups in total. The zero-order valence-corrected chi connectivity index (χ0v) is 18.3. The fraction of sp³-hybridized carbons (Fsp3) is 0.235. The van der Waals surface area contributed by atoms with Crippen LogP contribution in [0.5, 0.6) is 0 Å². The third-order valence-corrected chi connectivity index (χ3v) is 8.71. The second kappa shape index (κ2) is 8.07. The van der Waals surface area contributed by atoms with Crippen LogP contribution in [0.2, 0.25) is 0 Å². The van der Waals surface area contributed by atoms with E-state index in [-0.39, 0.29) is 23.5 Å². The number of fused-ring (bicyclic) bond motifs is 1. The molecule has 0 spiro atoms. The highest BCUT2D eigenvalue weighted by atomic mass is 32.1. The molecule has 11 nitrogen and oxygen atoms in total. The smallest absolute Gasteiger partial charge is 0.346 e. The Balaban J connectivity index is 1.73. The van der Waals surface area contributed by atoms with Crippen LogP contribution in [0, 0.1) is 5.92 Å². The van der Waals surface area contributed by atoms with Crippen LogP contribution in [0.1, 0.15) is 12.8 Å². The summed E-state index contributed by atoms with van der Waals surface area (Å²) in [6, 6.07) is 8.33. The van der Waals surface area contributed by atoms with Gasteiger partial charge >= 0.3 is 15.2 Å². The summed E-state index contributed by atoms with van der Waals surface area (Å²) in [5.41, 5.74) is -1.40. The monoisotopic (exact) mass is 484 g/mol. The van der Waals surface area contributed by atoms with E-state index in [0.29, 0.717) is 21.5 Å². The lowest BCUT2D eigenvalue weighted by Crippen LogP contribution is -2.21. The van der Waals surface area contributed by atoms with E-state index in [1.807, 2.05) is 0 Å². The molecule has 14 heteroatoms. The van der Waals surface area contributed by atoms with E-state index < -0.39 is 20.7 Å². The van der Waals surface area contributed by atoms with Crippen LogP contribution >= 0.6 is 26.5 Å². The summed E-state index contributed by atoms with van der Waals surface area (Å²) in [5.74, 6) is -0.00357. The van der Waals surface area contributed by atoms with E-state index in [0.717, 1.165) is 12.8 Å². The number of hydrogen-bond donors (Lipinski definition) is 6. The van der Waals surface area contributed by atoms with Gasteiger partial charge in [0.05, 0.1) is 5.39 Å². The maximum Gasteiger partial charge on any atom is 0.360 e. The molecule has 0 bridgehead atoms. The number of nitrogens with zero attached hydrogens (tertiary/aromatic N) is 2. The third kappa shape index (κ3) is 5.02. The van der Waals surface area contributed by atoms with Crippen LogP contribution in [-0.4, -0.2) is 41.0 Å². The van der Waals surface area contributed by atoms with Crippen molar-refractivity contribution in [3.8, 4) is 11.4 Å².